The summed E-state index contributed by atoms with van der Waals surface area (Å²) in [5, 5.41) is 0. The highest BCUT2D eigenvalue weighted by atomic mass is 79.9. The molecule has 4 nitrogen and oxygen atoms in total. The first kappa shape index (κ1) is 15.3. The summed E-state index contributed by atoms with van der Waals surface area (Å²) in [5.41, 5.74) is 6.63. The first-order valence-electron chi connectivity index (χ1n) is 6.06. The second-order valence-electron chi connectivity index (χ2n) is 4.27. The van der Waals surface area contributed by atoms with E-state index in [0.29, 0.717) is 21.5 Å². The smallest absolute Gasteiger partial charge is 0.339 e. The van der Waals surface area contributed by atoms with Crippen LogP contribution in [-0.2, 0) is 11.3 Å². The van der Waals surface area contributed by atoms with Crippen LogP contribution in [0.4, 0.5) is 10.1 Å². The van der Waals surface area contributed by atoms with Crippen molar-refractivity contribution in [3.05, 3.63) is 57.8 Å². The Hall–Kier alpha value is -2.08. The number of ether oxygens (including phenoxy) is 2. The Balaban J connectivity index is 2.09. The van der Waals surface area contributed by atoms with Crippen LogP contribution in [0.2, 0.25) is 0 Å². The largest absolute Gasteiger partial charge is 0.497 e. The first-order valence-corrected chi connectivity index (χ1v) is 6.85. The highest BCUT2D eigenvalue weighted by Crippen LogP contribution is 2.22. The van der Waals surface area contributed by atoms with Gasteiger partial charge in [-0.3, -0.25) is 0 Å². The minimum Gasteiger partial charge on any atom is -0.497 e. The molecule has 0 radical (unpaired) electrons. The lowest BCUT2D eigenvalue weighted by Gasteiger charge is -2.09. The van der Waals surface area contributed by atoms with Gasteiger partial charge in [0.05, 0.1) is 12.7 Å². The molecule has 0 saturated heterocycles. The molecule has 0 unspecified atom stereocenters. The van der Waals surface area contributed by atoms with Crippen LogP contribution in [0.15, 0.2) is 40.9 Å². The summed E-state index contributed by atoms with van der Waals surface area (Å²) >= 11 is 3.24. The summed E-state index contributed by atoms with van der Waals surface area (Å²) in [4.78, 5) is 12.0. The lowest BCUT2D eigenvalue weighted by Crippen LogP contribution is -2.07. The summed E-state index contributed by atoms with van der Waals surface area (Å²) in [7, 11) is 1.45. The highest BCUT2D eigenvalue weighted by Gasteiger charge is 2.13. The third-order valence-corrected chi connectivity index (χ3v) is 3.52. The maximum absolute atomic E-state index is 13.7. The molecule has 2 aromatic carbocycles. The standard InChI is InChI=1S/C15H13BrFNO3/c1-20-11-4-2-9(14(17)7-11)8-21-15(19)12-6-10(18)3-5-13(12)16/h2-7H,8,18H2,1H3. The van der Waals surface area contributed by atoms with E-state index in [-0.39, 0.29) is 12.2 Å². The number of nitrogen functional groups attached to an aromatic ring is 1. The molecule has 0 aliphatic heterocycles. The van der Waals surface area contributed by atoms with E-state index in [9.17, 15) is 9.18 Å². The molecule has 0 amide bonds. The molecule has 2 aromatic rings. The molecule has 0 heterocycles. The lowest BCUT2D eigenvalue weighted by molar-refractivity contribution is 0.0468. The number of halogens is 2. The maximum Gasteiger partial charge on any atom is 0.339 e. The number of hydrogen-bond acceptors (Lipinski definition) is 4. The van der Waals surface area contributed by atoms with Crippen molar-refractivity contribution in [3.8, 4) is 5.75 Å². The molecule has 0 atom stereocenters. The second-order valence-corrected chi connectivity index (χ2v) is 5.13. The highest BCUT2D eigenvalue weighted by molar-refractivity contribution is 9.10. The van der Waals surface area contributed by atoms with E-state index in [1.807, 2.05) is 0 Å². The molecule has 0 spiro atoms. The van der Waals surface area contributed by atoms with Crippen molar-refractivity contribution >= 4 is 27.6 Å². The van der Waals surface area contributed by atoms with Crippen LogP contribution in [0, 0.1) is 5.82 Å². The molecule has 0 bridgehead atoms. The molecule has 2 rings (SSSR count). The number of hydrogen-bond donors (Lipinski definition) is 1. The fraction of sp³-hybridized carbons (Fsp3) is 0.133. The van der Waals surface area contributed by atoms with Crippen molar-refractivity contribution in [1.82, 2.24) is 0 Å². The van der Waals surface area contributed by atoms with Gasteiger partial charge in [-0.15, -0.1) is 0 Å². The molecule has 0 aromatic heterocycles. The van der Waals surface area contributed by atoms with Crippen LogP contribution in [0.5, 0.6) is 5.75 Å². The number of methoxy groups -OCH3 is 1. The van der Waals surface area contributed by atoms with Gasteiger partial charge in [0.1, 0.15) is 18.2 Å². The molecule has 21 heavy (non-hydrogen) atoms. The van der Waals surface area contributed by atoms with Gasteiger partial charge in [-0.2, -0.15) is 0 Å². The van der Waals surface area contributed by atoms with Gasteiger partial charge in [-0.1, -0.05) is 0 Å². The van der Waals surface area contributed by atoms with E-state index in [4.69, 9.17) is 15.2 Å². The Kier molecular flexibility index (Phi) is 4.80. The van der Waals surface area contributed by atoms with E-state index in [1.54, 1.807) is 18.2 Å². The van der Waals surface area contributed by atoms with Crippen molar-refractivity contribution in [2.45, 2.75) is 6.61 Å². The van der Waals surface area contributed by atoms with Crippen LogP contribution in [0.25, 0.3) is 0 Å². The number of nitrogens with two attached hydrogens (primary N) is 1. The molecule has 0 aliphatic carbocycles. The minimum atomic E-state index is -0.579. The topological polar surface area (TPSA) is 61.5 Å². The van der Waals surface area contributed by atoms with Crippen molar-refractivity contribution < 1.29 is 18.7 Å². The Bertz CT molecular complexity index is 676. The predicted molar refractivity (Wildman–Crippen MR) is 80.6 cm³/mol. The Labute approximate surface area is 129 Å². The zero-order valence-electron chi connectivity index (χ0n) is 11.2. The van der Waals surface area contributed by atoms with Crippen molar-refractivity contribution in [2.24, 2.45) is 0 Å². The monoisotopic (exact) mass is 353 g/mol. The van der Waals surface area contributed by atoms with E-state index in [1.165, 1.54) is 25.3 Å². The van der Waals surface area contributed by atoms with Gasteiger partial charge < -0.3 is 15.2 Å². The quantitative estimate of drug-likeness (QED) is 0.674. The van der Waals surface area contributed by atoms with Crippen LogP contribution < -0.4 is 10.5 Å². The predicted octanol–water partition coefficient (Wildman–Crippen LogP) is 3.54. The molecular formula is C15H13BrFNO3. The Morgan fingerprint density at radius 3 is 2.71 bits per heavy atom. The Morgan fingerprint density at radius 1 is 1.29 bits per heavy atom. The minimum absolute atomic E-state index is 0.171. The number of esters is 1. The summed E-state index contributed by atoms with van der Waals surface area (Å²) in [6.45, 7) is -0.171. The lowest BCUT2D eigenvalue weighted by atomic mass is 10.2. The molecular weight excluding hydrogens is 341 g/mol. The van der Waals surface area contributed by atoms with Gasteiger partial charge in [0.2, 0.25) is 0 Å². The van der Waals surface area contributed by atoms with E-state index in [0.717, 1.165) is 0 Å². The van der Waals surface area contributed by atoms with Gasteiger partial charge in [-0.05, 0) is 46.3 Å². The number of carbonyl (C=O) groups excluding carboxylic acids is 1. The van der Waals surface area contributed by atoms with E-state index in [2.05, 4.69) is 15.9 Å². The second kappa shape index (κ2) is 6.58. The van der Waals surface area contributed by atoms with E-state index < -0.39 is 11.8 Å². The zero-order chi connectivity index (χ0) is 15.4. The third-order valence-electron chi connectivity index (χ3n) is 2.83. The molecule has 0 fully saturated rings. The average molecular weight is 354 g/mol. The van der Waals surface area contributed by atoms with Gasteiger partial charge >= 0.3 is 5.97 Å². The van der Waals surface area contributed by atoms with Gasteiger partial charge in [0, 0.05) is 21.8 Å². The maximum atomic E-state index is 13.7. The van der Waals surface area contributed by atoms with Crippen molar-refractivity contribution in [3.63, 3.8) is 0 Å². The van der Waals surface area contributed by atoms with Gasteiger partial charge in [-0.25, -0.2) is 9.18 Å². The van der Waals surface area contributed by atoms with Crippen LogP contribution in [0.3, 0.4) is 0 Å². The SMILES string of the molecule is COc1ccc(COC(=O)c2cc(N)ccc2Br)c(F)c1. The summed E-state index contributed by atoms with van der Waals surface area (Å²) < 4.78 is 24.3. The van der Waals surface area contributed by atoms with Crippen molar-refractivity contribution in [1.29, 1.82) is 0 Å². The van der Waals surface area contributed by atoms with Gasteiger partial charge in [0.25, 0.3) is 0 Å². The molecule has 0 aliphatic rings. The summed E-state index contributed by atoms with van der Waals surface area (Å²) in [6, 6.07) is 9.15. The zero-order valence-corrected chi connectivity index (χ0v) is 12.8. The Morgan fingerprint density at radius 2 is 2.05 bits per heavy atom. The summed E-state index contributed by atoms with van der Waals surface area (Å²) in [5.74, 6) is -0.667. The average Bonchev–Trinajstić information content (AvgIpc) is 2.48. The molecule has 6 heteroatoms. The number of carbonyl (C=O) groups is 1. The fourth-order valence-corrected chi connectivity index (χ4v) is 2.10. The van der Waals surface area contributed by atoms with Crippen LogP contribution in [-0.4, -0.2) is 13.1 Å². The van der Waals surface area contributed by atoms with Gasteiger partial charge in [0.15, 0.2) is 0 Å². The van der Waals surface area contributed by atoms with Crippen LogP contribution in [0.1, 0.15) is 15.9 Å². The molecule has 0 saturated carbocycles. The van der Waals surface area contributed by atoms with Crippen LogP contribution >= 0.6 is 15.9 Å². The van der Waals surface area contributed by atoms with E-state index >= 15 is 0 Å². The summed E-state index contributed by atoms with van der Waals surface area (Å²) in [6.07, 6.45) is 0. The molecule has 2 N–H and O–H groups in total. The molecule has 110 valence electrons. The third kappa shape index (κ3) is 3.72. The number of anilines is 1. The van der Waals surface area contributed by atoms with Crippen molar-refractivity contribution in [2.75, 3.05) is 12.8 Å². The normalized spacial score (nSPS) is 10.2. The fourth-order valence-electron chi connectivity index (χ4n) is 1.69. The number of rotatable bonds is 4. The first-order chi connectivity index (χ1) is 10.0. The number of benzene rings is 2.